The van der Waals surface area contributed by atoms with Gasteiger partial charge in [-0.05, 0) is 59.7 Å². The first kappa shape index (κ1) is 16.3. The third-order valence-electron chi connectivity index (χ3n) is 4.05. The molecule has 0 aliphatic carbocycles. The summed E-state index contributed by atoms with van der Waals surface area (Å²) in [5, 5.41) is 10.5. The fourth-order valence-corrected chi connectivity index (χ4v) is 3.01. The highest BCUT2D eigenvalue weighted by molar-refractivity contribution is 6.30. The molecular formula is C22H15ClN2O. The zero-order valence-corrected chi connectivity index (χ0v) is 14.6. The van der Waals surface area contributed by atoms with Gasteiger partial charge in [-0.1, -0.05) is 41.9 Å². The fraction of sp³-hybridized carbons (Fsp3) is 0. The highest BCUT2D eigenvalue weighted by atomic mass is 35.5. The van der Waals surface area contributed by atoms with Crippen LogP contribution in [-0.2, 0) is 0 Å². The van der Waals surface area contributed by atoms with E-state index in [1.807, 2.05) is 66.7 Å². The number of pyridine rings is 2. The predicted molar refractivity (Wildman–Crippen MR) is 105 cm³/mol. The summed E-state index contributed by atoms with van der Waals surface area (Å²) in [5.74, 6) is 0.225. The van der Waals surface area contributed by atoms with Crippen molar-refractivity contribution in [3.8, 4) is 39.5 Å². The van der Waals surface area contributed by atoms with Crippen molar-refractivity contribution in [2.24, 2.45) is 0 Å². The van der Waals surface area contributed by atoms with E-state index in [1.165, 1.54) is 0 Å². The molecule has 0 fully saturated rings. The van der Waals surface area contributed by atoms with E-state index >= 15 is 0 Å². The number of phenols is 1. The first-order valence-corrected chi connectivity index (χ1v) is 8.56. The van der Waals surface area contributed by atoms with Crippen LogP contribution in [0.2, 0.25) is 5.02 Å². The third kappa shape index (κ3) is 3.44. The van der Waals surface area contributed by atoms with E-state index in [-0.39, 0.29) is 5.75 Å². The minimum absolute atomic E-state index is 0.225. The highest BCUT2D eigenvalue weighted by Gasteiger charge is 2.10. The molecule has 2 aromatic heterocycles. The van der Waals surface area contributed by atoms with Crippen molar-refractivity contribution in [3.05, 3.63) is 90.1 Å². The largest absolute Gasteiger partial charge is 0.508 e. The van der Waals surface area contributed by atoms with Crippen LogP contribution in [0.4, 0.5) is 0 Å². The number of aromatic hydroxyl groups is 1. The molecule has 2 heterocycles. The summed E-state index contributed by atoms with van der Waals surface area (Å²) in [6.07, 6.45) is 1.75. The Morgan fingerprint density at radius 3 is 2.23 bits per heavy atom. The smallest absolute Gasteiger partial charge is 0.116 e. The average molecular weight is 359 g/mol. The number of rotatable bonds is 3. The van der Waals surface area contributed by atoms with Gasteiger partial charge in [-0.3, -0.25) is 4.98 Å². The first-order chi connectivity index (χ1) is 12.7. The van der Waals surface area contributed by atoms with Crippen molar-refractivity contribution in [3.63, 3.8) is 0 Å². The van der Waals surface area contributed by atoms with Crippen LogP contribution >= 0.6 is 11.6 Å². The number of hydrogen-bond donors (Lipinski definition) is 1. The number of halogens is 1. The Balaban J connectivity index is 1.93. The number of phenolic OH excluding ortho intramolecular Hbond substituents is 1. The topological polar surface area (TPSA) is 46.0 Å². The van der Waals surface area contributed by atoms with Crippen molar-refractivity contribution >= 4 is 11.6 Å². The molecule has 0 unspecified atom stereocenters. The Labute approximate surface area is 156 Å². The van der Waals surface area contributed by atoms with Gasteiger partial charge in [0.05, 0.1) is 17.1 Å². The van der Waals surface area contributed by atoms with Gasteiger partial charge in [-0.15, -0.1) is 0 Å². The lowest BCUT2D eigenvalue weighted by atomic mass is 10.0. The molecular weight excluding hydrogens is 344 g/mol. The zero-order chi connectivity index (χ0) is 17.9. The summed E-state index contributed by atoms with van der Waals surface area (Å²) in [7, 11) is 0. The lowest BCUT2D eigenvalue weighted by molar-refractivity contribution is 0.475. The van der Waals surface area contributed by atoms with Crippen LogP contribution in [0.5, 0.6) is 5.75 Å². The maximum absolute atomic E-state index is 9.84. The molecule has 2 aromatic carbocycles. The average Bonchev–Trinajstić information content (AvgIpc) is 2.68. The molecule has 0 saturated heterocycles. The van der Waals surface area contributed by atoms with Crippen molar-refractivity contribution in [2.75, 3.05) is 0 Å². The van der Waals surface area contributed by atoms with Crippen molar-refractivity contribution in [1.82, 2.24) is 9.97 Å². The summed E-state index contributed by atoms with van der Waals surface area (Å²) in [6, 6.07) is 24.5. The molecule has 4 rings (SSSR count). The number of hydrogen-bond acceptors (Lipinski definition) is 3. The van der Waals surface area contributed by atoms with E-state index in [4.69, 9.17) is 16.6 Å². The zero-order valence-electron chi connectivity index (χ0n) is 13.8. The van der Waals surface area contributed by atoms with Gasteiger partial charge >= 0.3 is 0 Å². The van der Waals surface area contributed by atoms with Crippen LogP contribution < -0.4 is 0 Å². The van der Waals surface area contributed by atoms with Crippen LogP contribution in [0.15, 0.2) is 85.1 Å². The van der Waals surface area contributed by atoms with Crippen LogP contribution in [0, 0.1) is 0 Å². The van der Waals surface area contributed by atoms with Gasteiger partial charge in [0, 0.05) is 16.8 Å². The summed E-state index contributed by atoms with van der Waals surface area (Å²) >= 11 is 6.16. The van der Waals surface area contributed by atoms with Crippen LogP contribution in [0.1, 0.15) is 0 Å². The second-order valence-electron chi connectivity index (χ2n) is 5.90. The van der Waals surface area contributed by atoms with Gasteiger partial charge in [0.15, 0.2) is 0 Å². The maximum Gasteiger partial charge on any atom is 0.116 e. The van der Waals surface area contributed by atoms with E-state index in [2.05, 4.69) is 4.98 Å². The fourth-order valence-electron chi connectivity index (χ4n) is 2.82. The summed E-state index contributed by atoms with van der Waals surface area (Å²) < 4.78 is 0. The van der Waals surface area contributed by atoms with Crippen molar-refractivity contribution < 1.29 is 5.11 Å². The predicted octanol–water partition coefficient (Wildman–Crippen LogP) is 5.84. The minimum Gasteiger partial charge on any atom is -0.508 e. The van der Waals surface area contributed by atoms with Gasteiger partial charge in [-0.2, -0.15) is 0 Å². The minimum atomic E-state index is 0.225. The molecule has 0 bridgehead atoms. The standard InChI is InChI=1S/C22H15ClN2O/c23-18-7-3-6-16(11-18)21-13-17(15-5-4-8-19(26)12-15)14-22(25-21)20-9-1-2-10-24-20/h1-14,26H. The van der Waals surface area contributed by atoms with E-state index in [0.29, 0.717) is 5.02 Å². The van der Waals surface area contributed by atoms with E-state index in [1.54, 1.807) is 18.3 Å². The quantitative estimate of drug-likeness (QED) is 0.500. The molecule has 0 saturated carbocycles. The Bertz CT molecular complexity index is 1000. The van der Waals surface area contributed by atoms with Gasteiger partial charge in [0.2, 0.25) is 0 Å². The number of nitrogens with zero attached hydrogens (tertiary/aromatic N) is 2. The molecule has 0 atom stereocenters. The SMILES string of the molecule is Oc1cccc(-c2cc(-c3cccc(Cl)c3)nc(-c3ccccn3)c2)c1. The van der Waals surface area contributed by atoms with E-state index < -0.39 is 0 Å². The monoisotopic (exact) mass is 358 g/mol. The maximum atomic E-state index is 9.84. The van der Waals surface area contributed by atoms with Crippen molar-refractivity contribution in [2.45, 2.75) is 0 Å². The third-order valence-corrected chi connectivity index (χ3v) is 4.29. The summed E-state index contributed by atoms with van der Waals surface area (Å²) in [5.41, 5.74) is 5.14. The Kier molecular flexibility index (Phi) is 4.38. The van der Waals surface area contributed by atoms with Gasteiger partial charge < -0.3 is 5.11 Å². The molecule has 126 valence electrons. The first-order valence-electron chi connectivity index (χ1n) is 8.18. The van der Waals surface area contributed by atoms with Crippen LogP contribution in [0.25, 0.3) is 33.8 Å². The van der Waals surface area contributed by atoms with E-state index in [9.17, 15) is 5.11 Å². The second-order valence-corrected chi connectivity index (χ2v) is 6.34. The molecule has 4 aromatic rings. The van der Waals surface area contributed by atoms with Gasteiger partial charge in [0.25, 0.3) is 0 Å². The molecule has 0 aliphatic heterocycles. The molecule has 0 spiro atoms. The highest BCUT2D eigenvalue weighted by Crippen LogP contribution is 2.31. The van der Waals surface area contributed by atoms with Crippen LogP contribution in [0.3, 0.4) is 0 Å². The lowest BCUT2D eigenvalue weighted by Crippen LogP contribution is -1.92. The number of aromatic nitrogens is 2. The summed E-state index contributed by atoms with van der Waals surface area (Å²) in [4.78, 5) is 9.20. The van der Waals surface area contributed by atoms with Crippen LogP contribution in [-0.4, -0.2) is 15.1 Å². The lowest BCUT2D eigenvalue weighted by Gasteiger charge is -2.10. The van der Waals surface area contributed by atoms with Gasteiger partial charge in [-0.25, -0.2) is 4.98 Å². The normalized spacial score (nSPS) is 10.7. The molecule has 26 heavy (non-hydrogen) atoms. The molecule has 0 radical (unpaired) electrons. The molecule has 0 amide bonds. The molecule has 1 N–H and O–H groups in total. The molecule has 0 aliphatic rings. The Morgan fingerprint density at radius 2 is 1.46 bits per heavy atom. The van der Waals surface area contributed by atoms with Crippen molar-refractivity contribution in [1.29, 1.82) is 0 Å². The Morgan fingerprint density at radius 1 is 0.654 bits per heavy atom. The second kappa shape index (κ2) is 6.98. The van der Waals surface area contributed by atoms with E-state index in [0.717, 1.165) is 33.8 Å². The summed E-state index contributed by atoms with van der Waals surface area (Å²) in [6.45, 7) is 0. The molecule has 3 nitrogen and oxygen atoms in total. The molecule has 4 heteroatoms. The Hall–Kier alpha value is -3.17. The van der Waals surface area contributed by atoms with Gasteiger partial charge in [0.1, 0.15) is 5.75 Å². The number of benzene rings is 2.